The normalized spacial score (nSPS) is 13.1. The molecule has 84 valence electrons. The van der Waals surface area contributed by atoms with E-state index in [2.05, 4.69) is 66.7 Å². The smallest absolute Gasteiger partial charge is 0.0176 e. The highest BCUT2D eigenvalue weighted by atomic mass is 79.9. The third-order valence-electron chi connectivity index (χ3n) is 2.46. The van der Waals surface area contributed by atoms with Crippen molar-refractivity contribution < 1.29 is 0 Å². The zero-order valence-corrected chi connectivity index (χ0v) is 12.4. The second-order valence-electron chi connectivity index (χ2n) is 3.95. The minimum atomic E-state index is 0.696. The van der Waals surface area contributed by atoms with Crippen molar-refractivity contribution in [2.75, 3.05) is 11.5 Å². The predicted octanol–water partition coefficient (Wildman–Crippen LogP) is 4.74. The fourth-order valence-corrected chi connectivity index (χ4v) is 3.42. The molecular weight excluding hydrogens is 288 g/mol. The van der Waals surface area contributed by atoms with Crippen LogP contribution in [0, 0.1) is 11.8 Å². The molecule has 0 radical (unpaired) electrons. The van der Waals surface area contributed by atoms with Crippen LogP contribution in [0.15, 0.2) is 33.6 Å². The number of halogens is 1. The highest BCUT2D eigenvalue weighted by Crippen LogP contribution is 2.26. The van der Waals surface area contributed by atoms with E-state index in [0.717, 1.165) is 16.0 Å². The summed E-state index contributed by atoms with van der Waals surface area (Å²) in [5.74, 6) is 3.54. The molecule has 1 rings (SSSR count). The van der Waals surface area contributed by atoms with Gasteiger partial charge in [0, 0.05) is 15.1 Å². The summed E-state index contributed by atoms with van der Waals surface area (Å²) >= 11 is 9.76. The van der Waals surface area contributed by atoms with Crippen LogP contribution >= 0.6 is 40.3 Å². The van der Waals surface area contributed by atoms with Gasteiger partial charge in [0.25, 0.3) is 0 Å². The van der Waals surface area contributed by atoms with Gasteiger partial charge in [-0.1, -0.05) is 29.8 Å². The standard InChI is InChI=1S/C12H17BrS2/c1-9(2)10(7-14)8-15-12-5-3-11(13)4-6-12/h3-6,9-10,14H,7-8H2,1-2H3. The first kappa shape index (κ1) is 13.5. The summed E-state index contributed by atoms with van der Waals surface area (Å²) in [5.41, 5.74) is 0. The van der Waals surface area contributed by atoms with Crippen molar-refractivity contribution in [2.45, 2.75) is 18.7 Å². The van der Waals surface area contributed by atoms with Gasteiger partial charge in [-0.15, -0.1) is 11.8 Å². The molecule has 1 aromatic carbocycles. The average Bonchev–Trinajstić information content (AvgIpc) is 2.21. The first-order valence-corrected chi connectivity index (χ1v) is 7.53. The van der Waals surface area contributed by atoms with Crippen LogP contribution in [0.2, 0.25) is 0 Å². The molecule has 0 heterocycles. The van der Waals surface area contributed by atoms with Crippen molar-refractivity contribution in [1.29, 1.82) is 0 Å². The van der Waals surface area contributed by atoms with Gasteiger partial charge in [0.15, 0.2) is 0 Å². The molecule has 0 nitrogen and oxygen atoms in total. The van der Waals surface area contributed by atoms with Crippen LogP contribution in [0.5, 0.6) is 0 Å². The summed E-state index contributed by atoms with van der Waals surface area (Å²) < 4.78 is 1.14. The van der Waals surface area contributed by atoms with Crippen LogP contribution in [0.25, 0.3) is 0 Å². The SMILES string of the molecule is CC(C)C(CS)CSc1ccc(Br)cc1. The van der Waals surface area contributed by atoms with E-state index in [1.54, 1.807) is 0 Å². The molecule has 1 aromatic rings. The molecule has 15 heavy (non-hydrogen) atoms. The van der Waals surface area contributed by atoms with Gasteiger partial charge in [0.05, 0.1) is 0 Å². The number of hydrogen-bond acceptors (Lipinski definition) is 2. The Balaban J connectivity index is 2.45. The van der Waals surface area contributed by atoms with Crippen molar-refractivity contribution in [3.63, 3.8) is 0 Å². The average molecular weight is 305 g/mol. The molecule has 0 N–H and O–H groups in total. The van der Waals surface area contributed by atoms with E-state index < -0.39 is 0 Å². The quantitative estimate of drug-likeness (QED) is 0.605. The van der Waals surface area contributed by atoms with E-state index in [0.29, 0.717) is 11.8 Å². The van der Waals surface area contributed by atoms with Crippen LogP contribution in [0.1, 0.15) is 13.8 Å². The maximum Gasteiger partial charge on any atom is 0.0176 e. The predicted molar refractivity (Wildman–Crippen MR) is 77.0 cm³/mol. The molecule has 1 atom stereocenters. The number of rotatable bonds is 5. The first-order chi connectivity index (χ1) is 7.13. The topological polar surface area (TPSA) is 0 Å². The van der Waals surface area contributed by atoms with Crippen LogP contribution in [-0.2, 0) is 0 Å². The van der Waals surface area contributed by atoms with E-state index in [1.807, 2.05) is 11.8 Å². The zero-order chi connectivity index (χ0) is 11.3. The fraction of sp³-hybridized carbons (Fsp3) is 0.500. The van der Waals surface area contributed by atoms with Gasteiger partial charge in [-0.3, -0.25) is 0 Å². The lowest BCUT2D eigenvalue weighted by atomic mass is 10.0. The van der Waals surface area contributed by atoms with Gasteiger partial charge in [0.2, 0.25) is 0 Å². The third-order valence-corrected chi connectivity index (χ3v) is 4.65. The lowest BCUT2D eigenvalue weighted by Gasteiger charge is -2.17. The molecule has 0 saturated carbocycles. The van der Waals surface area contributed by atoms with Crippen LogP contribution in [0.3, 0.4) is 0 Å². The summed E-state index contributed by atoms with van der Waals surface area (Å²) in [4.78, 5) is 1.34. The second-order valence-corrected chi connectivity index (χ2v) is 6.33. The lowest BCUT2D eigenvalue weighted by Crippen LogP contribution is -2.13. The molecule has 3 heteroatoms. The molecule has 0 bridgehead atoms. The summed E-state index contributed by atoms with van der Waals surface area (Å²) in [5, 5.41) is 0. The van der Waals surface area contributed by atoms with Gasteiger partial charge in [-0.2, -0.15) is 12.6 Å². The molecule has 0 aliphatic heterocycles. The lowest BCUT2D eigenvalue weighted by molar-refractivity contribution is 0.473. The minimum absolute atomic E-state index is 0.696. The minimum Gasteiger partial charge on any atom is -0.179 e. The highest BCUT2D eigenvalue weighted by molar-refractivity contribution is 9.10. The Hall–Kier alpha value is 0.400. The fourth-order valence-electron chi connectivity index (χ4n) is 1.19. The van der Waals surface area contributed by atoms with Crippen molar-refractivity contribution >= 4 is 40.3 Å². The molecule has 0 aliphatic carbocycles. The summed E-state index contributed by atoms with van der Waals surface area (Å²) in [6.07, 6.45) is 0. The van der Waals surface area contributed by atoms with Gasteiger partial charge in [-0.05, 0) is 41.9 Å². The Kier molecular flexibility index (Phi) is 6.17. The maximum atomic E-state index is 4.40. The molecule has 0 amide bonds. The van der Waals surface area contributed by atoms with Gasteiger partial charge in [0.1, 0.15) is 0 Å². The van der Waals surface area contributed by atoms with Gasteiger partial charge < -0.3 is 0 Å². The number of thioether (sulfide) groups is 1. The maximum absolute atomic E-state index is 4.40. The van der Waals surface area contributed by atoms with Crippen molar-refractivity contribution in [3.8, 4) is 0 Å². The second kappa shape index (κ2) is 6.87. The number of hydrogen-bond donors (Lipinski definition) is 1. The van der Waals surface area contributed by atoms with Crippen LogP contribution in [-0.4, -0.2) is 11.5 Å². The van der Waals surface area contributed by atoms with E-state index >= 15 is 0 Å². The van der Waals surface area contributed by atoms with Crippen LogP contribution < -0.4 is 0 Å². The molecule has 0 aliphatic rings. The third kappa shape index (κ3) is 4.83. The molecule has 0 saturated heterocycles. The summed E-state index contributed by atoms with van der Waals surface area (Å²) in [6.45, 7) is 4.53. The van der Waals surface area contributed by atoms with E-state index in [-0.39, 0.29) is 0 Å². The molecule has 0 spiro atoms. The van der Waals surface area contributed by atoms with Gasteiger partial charge in [-0.25, -0.2) is 0 Å². The molecule has 0 fully saturated rings. The molecular formula is C12H17BrS2. The highest BCUT2D eigenvalue weighted by Gasteiger charge is 2.11. The largest absolute Gasteiger partial charge is 0.179 e. The van der Waals surface area contributed by atoms with E-state index in [9.17, 15) is 0 Å². The Morgan fingerprint density at radius 1 is 1.27 bits per heavy atom. The number of thiol groups is 1. The number of benzene rings is 1. The Bertz CT molecular complexity index is 282. The summed E-state index contributed by atoms with van der Waals surface area (Å²) in [7, 11) is 0. The van der Waals surface area contributed by atoms with Crippen molar-refractivity contribution in [2.24, 2.45) is 11.8 Å². The zero-order valence-electron chi connectivity index (χ0n) is 9.11. The molecule has 1 unspecified atom stereocenters. The summed E-state index contributed by atoms with van der Waals surface area (Å²) in [6, 6.07) is 8.50. The Morgan fingerprint density at radius 3 is 2.33 bits per heavy atom. The first-order valence-electron chi connectivity index (χ1n) is 5.12. The van der Waals surface area contributed by atoms with E-state index in [1.165, 1.54) is 4.90 Å². The van der Waals surface area contributed by atoms with Crippen molar-refractivity contribution in [3.05, 3.63) is 28.7 Å². The monoisotopic (exact) mass is 304 g/mol. The van der Waals surface area contributed by atoms with Gasteiger partial charge >= 0.3 is 0 Å². The Labute approximate surface area is 111 Å². The van der Waals surface area contributed by atoms with Crippen molar-refractivity contribution in [1.82, 2.24) is 0 Å². The van der Waals surface area contributed by atoms with Crippen LogP contribution in [0.4, 0.5) is 0 Å². The van der Waals surface area contributed by atoms with E-state index in [4.69, 9.17) is 0 Å². The molecule has 0 aromatic heterocycles. The Morgan fingerprint density at radius 2 is 1.87 bits per heavy atom.